The second-order valence-electron chi connectivity index (χ2n) is 7.04. The van der Waals surface area contributed by atoms with Crippen molar-refractivity contribution in [2.75, 3.05) is 29.9 Å². The lowest BCUT2D eigenvalue weighted by Crippen LogP contribution is -2.48. The van der Waals surface area contributed by atoms with Crippen LogP contribution >= 0.6 is 0 Å². The quantitative estimate of drug-likeness (QED) is 0.852. The van der Waals surface area contributed by atoms with Crippen LogP contribution in [0, 0.1) is 31.0 Å². The monoisotopic (exact) mass is 402 g/mol. The van der Waals surface area contributed by atoms with E-state index in [1.807, 2.05) is 25.7 Å². The molecule has 2 aromatic rings. The molecule has 2 heterocycles. The Kier molecular flexibility index (Phi) is 5.96. The predicted molar refractivity (Wildman–Crippen MR) is 107 cm³/mol. The number of anilines is 1. The van der Waals surface area contributed by atoms with Gasteiger partial charge in [-0.2, -0.15) is 5.26 Å². The summed E-state index contributed by atoms with van der Waals surface area (Å²) in [6, 6.07) is 8.14. The molecule has 28 heavy (non-hydrogen) atoms. The summed E-state index contributed by atoms with van der Waals surface area (Å²) in [7, 11) is -0.830. The molecule has 6 nitrogen and oxygen atoms in total. The van der Waals surface area contributed by atoms with Gasteiger partial charge in [0, 0.05) is 46.3 Å². The lowest BCUT2D eigenvalue weighted by atomic mass is 10.2. The Balaban J connectivity index is 1.89. The Labute approximate surface area is 166 Å². The molecule has 8 heteroatoms. The maximum atomic E-state index is 13.3. The largest absolute Gasteiger partial charge is 0.310 e. The zero-order chi connectivity index (χ0) is 20.4. The van der Waals surface area contributed by atoms with E-state index in [9.17, 15) is 18.7 Å². The molecule has 0 radical (unpaired) electrons. The summed E-state index contributed by atoms with van der Waals surface area (Å²) in [6.45, 7) is 6.41. The van der Waals surface area contributed by atoms with E-state index >= 15 is 0 Å². The molecule has 0 spiro atoms. The summed E-state index contributed by atoms with van der Waals surface area (Å²) in [6.07, 6.45) is 0. The number of halogens is 1. The third kappa shape index (κ3) is 4.01. The van der Waals surface area contributed by atoms with Gasteiger partial charge in [-0.05, 0) is 50.6 Å². The van der Waals surface area contributed by atoms with Crippen molar-refractivity contribution in [1.82, 2.24) is 9.47 Å². The van der Waals surface area contributed by atoms with Crippen LogP contribution in [0.15, 0.2) is 24.3 Å². The molecule has 3 rings (SSSR count). The first-order valence-electron chi connectivity index (χ1n) is 9.08. The van der Waals surface area contributed by atoms with Crippen LogP contribution in [0.4, 0.5) is 10.2 Å². The average Bonchev–Trinajstić information content (AvgIpc) is 2.88. The summed E-state index contributed by atoms with van der Waals surface area (Å²) >= 11 is 0. The van der Waals surface area contributed by atoms with Crippen LogP contribution in [-0.2, 0) is 15.6 Å². The minimum Gasteiger partial charge on any atom is -0.310 e. The highest BCUT2D eigenvalue weighted by Crippen LogP contribution is 2.30. The van der Waals surface area contributed by atoms with Crippen molar-refractivity contribution < 1.29 is 13.4 Å². The molecule has 0 saturated carbocycles. The van der Waals surface area contributed by atoms with E-state index in [2.05, 4.69) is 11.4 Å². The number of nitriles is 1. The third-order valence-corrected chi connectivity index (χ3v) is 6.66. The van der Waals surface area contributed by atoms with Crippen molar-refractivity contribution in [1.29, 1.82) is 5.26 Å². The van der Waals surface area contributed by atoms with Gasteiger partial charge in [0.15, 0.2) is 0 Å². The second kappa shape index (κ2) is 8.25. The van der Waals surface area contributed by atoms with Gasteiger partial charge in [-0.3, -0.25) is 18.5 Å². The summed E-state index contributed by atoms with van der Waals surface area (Å²) in [4.78, 5) is 14.7. The van der Waals surface area contributed by atoms with Gasteiger partial charge < -0.3 is 5.32 Å². The van der Waals surface area contributed by atoms with E-state index in [0.29, 0.717) is 35.1 Å². The molecule has 2 atom stereocenters. The van der Waals surface area contributed by atoms with Crippen molar-refractivity contribution in [2.45, 2.75) is 26.8 Å². The molecule has 1 fully saturated rings. The normalized spacial score (nSPS) is 20.0. The Hall–Kier alpha value is -2.50. The Bertz CT molecular complexity index is 962. The van der Waals surface area contributed by atoms with Crippen LogP contribution < -0.4 is 5.32 Å². The topological polar surface area (TPSA) is 78.1 Å². The molecule has 1 aliphatic heterocycles. The number of amides is 1. The number of hydrogen-bond donors (Lipinski definition) is 1. The van der Waals surface area contributed by atoms with Crippen LogP contribution in [0.25, 0.3) is 5.69 Å². The van der Waals surface area contributed by atoms with E-state index in [0.717, 1.165) is 11.3 Å². The summed E-state index contributed by atoms with van der Waals surface area (Å²) < 4.78 is 26.8. The Morgan fingerprint density at radius 2 is 2.04 bits per heavy atom. The van der Waals surface area contributed by atoms with Crippen molar-refractivity contribution in [3.8, 4) is 11.8 Å². The first kappa shape index (κ1) is 20.2. The predicted octanol–water partition coefficient (Wildman–Crippen LogP) is 2.50. The number of nitrogens with one attached hydrogen (secondary N) is 1. The third-order valence-electron chi connectivity index (χ3n) is 5.17. The highest BCUT2D eigenvalue weighted by molar-refractivity contribution is 7.85. The second-order valence-corrected chi connectivity index (χ2v) is 8.66. The summed E-state index contributed by atoms with van der Waals surface area (Å²) in [5.41, 5.74) is 2.63. The lowest BCUT2D eigenvalue weighted by Gasteiger charge is -2.32. The zero-order valence-electron chi connectivity index (χ0n) is 16.2. The van der Waals surface area contributed by atoms with Crippen LogP contribution in [0.1, 0.15) is 23.7 Å². The highest BCUT2D eigenvalue weighted by atomic mass is 32.2. The Morgan fingerprint density at radius 3 is 2.64 bits per heavy atom. The molecular weight excluding hydrogens is 379 g/mol. The smallest absolute Gasteiger partial charge is 0.239 e. The van der Waals surface area contributed by atoms with Crippen LogP contribution in [0.2, 0.25) is 0 Å². The van der Waals surface area contributed by atoms with E-state index in [-0.39, 0.29) is 24.3 Å². The van der Waals surface area contributed by atoms with E-state index in [4.69, 9.17) is 0 Å². The first-order chi connectivity index (χ1) is 13.3. The van der Waals surface area contributed by atoms with E-state index < -0.39 is 10.8 Å². The van der Waals surface area contributed by atoms with Gasteiger partial charge in [-0.15, -0.1) is 0 Å². The van der Waals surface area contributed by atoms with Gasteiger partial charge in [0.05, 0.1) is 12.1 Å². The fourth-order valence-electron chi connectivity index (χ4n) is 3.46. The Morgan fingerprint density at radius 1 is 1.36 bits per heavy atom. The minimum absolute atomic E-state index is 0.0585. The van der Waals surface area contributed by atoms with Gasteiger partial charge in [0.25, 0.3) is 0 Å². The molecule has 1 saturated heterocycles. The molecule has 1 aromatic heterocycles. The maximum absolute atomic E-state index is 13.3. The molecule has 1 aliphatic rings. The number of carbonyl (C=O) groups excluding carboxylic acids is 1. The minimum atomic E-state index is -0.830. The SMILES string of the molecule is Cc1c(C#N)c(NC(=O)CN2CCS(=O)CC2C)n(-c2ccc(F)cc2)c1C. The average molecular weight is 402 g/mol. The lowest BCUT2D eigenvalue weighted by molar-refractivity contribution is -0.117. The molecule has 0 aliphatic carbocycles. The highest BCUT2D eigenvalue weighted by Gasteiger charge is 2.26. The van der Waals surface area contributed by atoms with Crippen LogP contribution in [-0.4, -0.2) is 50.2 Å². The van der Waals surface area contributed by atoms with Crippen molar-refractivity contribution >= 4 is 22.5 Å². The molecule has 148 valence electrons. The summed E-state index contributed by atoms with van der Waals surface area (Å²) in [5.74, 6) is 0.915. The molecule has 1 amide bonds. The van der Waals surface area contributed by atoms with Gasteiger partial charge in [0.1, 0.15) is 17.7 Å². The van der Waals surface area contributed by atoms with Crippen molar-refractivity contribution in [2.24, 2.45) is 0 Å². The van der Waals surface area contributed by atoms with Gasteiger partial charge in [-0.1, -0.05) is 0 Å². The molecular formula is C20H23FN4O2S. The standard InChI is InChI=1S/C20H23FN4O2S/c1-13-12-28(27)9-8-24(13)11-19(26)23-20-18(10-22)14(2)15(3)25(20)17-6-4-16(21)5-7-17/h4-7,13H,8-9,11-12H2,1-3H3,(H,23,26). The number of aromatic nitrogens is 1. The molecule has 1 N–H and O–H groups in total. The number of hydrogen-bond acceptors (Lipinski definition) is 4. The number of carbonyl (C=O) groups is 1. The van der Waals surface area contributed by atoms with Crippen molar-refractivity contribution in [3.05, 3.63) is 46.9 Å². The zero-order valence-corrected chi connectivity index (χ0v) is 17.0. The van der Waals surface area contributed by atoms with Crippen molar-refractivity contribution in [3.63, 3.8) is 0 Å². The van der Waals surface area contributed by atoms with Gasteiger partial charge in [-0.25, -0.2) is 4.39 Å². The van der Waals surface area contributed by atoms with Gasteiger partial charge in [0.2, 0.25) is 5.91 Å². The summed E-state index contributed by atoms with van der Waals surface area (Å²) in [5, 5.41) is 12.5. The van der Waals surface area contributed by atoms with Gasteiger partial charge >= 0.3 is 0 Å². The fraction of sp³-hybridized carbons (Fsp3) is 0.400. The van der Waals surface area contributed by atoms with Crippen LogP contribution in [0.5, 0.6) is 0 Å². The van der Waals surface area contributed by atoms with E-state index in [1.54, 1.807) is 16.7 Å². The first-order valence-corrected chi connectivity index (χ1v) is 10.6. The fourth-order valence-corrected chi connectivity index (χ4v) is 4.82. The van der Waals surface area contributed by atoms with Crippen LogP contribution in [0.3, 0.4) is 0 Å². The molecule has 0 bridgehead atoms. The molecule has 2 unspecified atom stereocenters. The number of rotatable bonds is 4. The number of nitrogens with zero attached hydrogens (tertiary/aromatic N) is 3. The molecule has 1 aromatic carbocycles. The maximum Gasteiger partial charge on any atom is 0.239 e. The number of benzene rings is 1. The van der Waals surface area contributed by atoms with E-state index in [1.165, 1.54) is 12.1 Å².